The van der Waals surface area contributed by atoms with Crippen LogP contribution in [0.2, 0.25) is 0 Å². The molecule has 6 heteroatoms. The largest absolute Gasteiger partial charge is 0.370 e. The molecule has 1 spiro atoms. The maximum absolute atomic E-state index is 5.79. The number of rotatable bonds is 3. The molecule has 2 aliphatic rings. The molecule has 18 heavy (non-hydrogen) atoms. The molecule has 6 nitrogen and oxygen atoms in total. The molecule has 2 fully saturated rings. The molecule has 2 heterocycles. The van der Waals surface area contributed by atoms with Crippen molar-refractivity contribution >= 4 is 0 Å². The van der Waals surface area contributed by atoms with Crippen LogP contribution in [0.25, 0.3) is 0 Å². The second kappa shape index (κ2) is 4.95. The average molecular weight is 254 g/mol. The van der Waals surface area contributed by atoms with E-state index in [2.05, 4.69) is 10.1 Å². The quantitative estimate of drug-likeness (QED) is 0.815. The molecule has 1 aliphatic heterocycles. The molecule has 1 aliphatic carbocycles. The molecule has 0 radical (unpaired) electrons. The number of hydrogen-bond donors (Lipinski definition) is 0. The van der Waals surface area contributed by atoms with Crippen molar-refractivity contribution < 1.29 is 18.7 Å². The van der Waals surface area contributed by atoms with Crippen molar-refractivity contribution in [2.45, 2.75) is 51.1 Å². The van der Waals surface area contributed by atoms with Gasteiger partial charge in [0, 0.05) is 19.8 Å². The normalized spacial score (nSPS) is 23.8. The fraction of sp³-hybridized carbons (Fsp3) is 0.833. The van der Waals surface area contributed by atoms with Gasteiger partial charge >= 0.3 is 0 Å². The molecule has 0 aromatic carbocycles. The Morgan fingerprint density at radius 3 is 2.61 bits per heavy atom. The number of aryl methyl sites for hydroxylation is 1. The Morgan fingerprint density at radius 1 is 1.28 bits per heavy atom. The summed E-state index contributed by atoms with van der Waals surface area (Å²) in [6.07, 6.45) is 3.96. The molecule has 0 unspecified atom stereocenters. The average Bonchev–Trinajstić information content (AvgIpc) is 2.99. The molecule has 1 saturated heterocycles. The van der Waals surface area contributed by atoms with Crippen LogP contribution in [0, 0.1) is 6.92 Å². The van der Waals surface area contributed by atoms with Crippen LogP contribution in [0.15, 0.2) is 4.52 Å². The molecule has 0 bridgehead atoms. The van der Waals surface area contributed by atoms with Gasteiger partial charge in [0.1, 0.15) is 6.61 Å². The highest BCUT2D eigenvalue weighted by Crippen LogP contribution is 2.36. The minimum atomic E-state index is -0.317. The van der Waals surface area contributed by atoms with Crippen molar-refractivity contribution in [2.24, 2.45) is 0 Å². The zero-order valence-corrected chi connectivity index (χ0v) is 10.6. The summed E-state index contributed by atoms with van der Waals surface area (Å²) >= 11 is 0. The van der Waals surface area contributed by atoms with Crippen molar-refractivity contribution in [1.82, 2.24) is 10.1 Å². The van der Waals surface area contributed by atoms with E-state index in [1.165, 1.54) is 0 Å². The van der Waals surface area contributed by atoms with E-state index in [0.29, 0.717) is 31.5 Å². The van der Waals surface area contributed by atoms with Gasteiger partial charge in [-0.2, -0.15) is 4.98 Å². The van der Waals surface area contributed by atoms with E-state index >= 15 is 0 Å². The number of ether oxygens (including phenoxy) is 3. The highest BCUT2D eigenvalue weighted by molar-refractivity contribution is 4.85. The zero-order valence-electron chi connectivity index (χ0n) is 10.6. The molecule has 0 atom stereocenters. The lowest BCUT2D eigenvalue weighted by Gasteiger charge is -2.35. The molecule has 3 rings (SSSR count). The van der Waals surface area contributed by atoms with Crippen molar-refractivity contribution in [2.75, 3.05) is 13.2 Å². The van der Waals surface area contributed by atoms with Gasteiger partial charge in [0.15, 0.2) is 11.6 Å². The summed E-state index contributed by atoms with van der Waals surface area (Å²) in [5, 5.41) is 3.81. The maximum Gasteiger partial charge on any atom is 0.223 e. The van der Waals surface area contributed by atoms with Gasteiger partial charge in [-0.1, -0.05) is 5.16 Å². The molecule has 0 N–H and O–H groups in total. The second-order valence-electron chi connectivity index (χ2n) is 4.85. The molecular weight excluding hydrogens is 236 g/mol. The highest BCUT2D eigenvalue weighted by Gasteiger charge is 2.40. The van der Waals surface area contributed by atoms with Gasteiger partial charge in [-0.3, -0.25) is 0 Å². The van der Waals surface area contributed by atoms with Gasteiger partial charge in [-0.05, 0) is 12.8 Å². The van der Waals surface area contributed by atoms with Gasteiger partial charge in [0.2, 0.25) is 5.89 Å². The highest BCUT2D eigenvalue weighted by atomic mass is 16.7. The lowest BCUT2D eigenvalue weighted by Crippen LogP contribution is -2.37. The van der Waals surface area contributed by atoms with Crippen LogP contribution in [0.3, 0.4) is 0 Å². The first-order chi connectivity index (χ1) is 8.76. The molecule has 100 valence electrons. The predicted molar refractivity (Wildman–Crippen MR) is 60.7 cm³/mol. The Morgan fingerprint density at radius 2 is 2.00 bits per heavy atom. The summed E-state index contributed by atoms with van der Waals surface area (Å²) in [5.74, 6) is 0.868. The zero-order chi connectivity index (χ0) is 12.4. The molecule has 1 aromatic rings. The third-order valence-electron chi connectivity index (χ3n) is 3.53. The Balaban J connectivity index is 1.45. The van der Waals surface area contributed by atoms with Gasteiger partial charge < -0.3 is 18.7 Å². The van der Waals surface area contributed by atoms with E-state index < -0.39 is 0 Å². The summed E-state index contributed by atoms with van der Waals surface area (Å²) in [4.78, 5) is 4.11. The summed E-state index contributed by atoms with van der Waals surface area (Å²) in [7, 11) is 0. The second-order valence-corrected chi connectivity index (χ2v) is 4.85. The van der Waals surface area contributed by atoms with Gasteiger partial charge in [0.25, 0.3) is 0 Å². The van der Waals surface area contributed by atoms with E-state index in [1.54, 1.807) is 6.92 Å². The molecular formula is C12H18N2O4. The summed E-state index contributed by atoms with van der Waals surface area (Å²) in [6.45, 7) is 3.62. The summed E-state index contributed by atoms with van der Waals surface area (Å²) in [6, 6.07) is 0. The van der Waals surface area contributed by atoms with E-state index in [9.17, 15) is 0 Å². The van der Waals surface area contributed by atoms with E-state index in [1.807, 2.05) is 0 Å². The molecule has 1 aromatic heterocycles. The van der Waals surface area contributed by atoms with Crippen LogP contribution >= 0.6 is 0 Å². The summed E-state index contributed by atoms with van der Waals surface area (Å²) in [5.41, 5.74) is 0. The number of aromatic nitrogens is 2. The molecule has 1 saturated carbocycles. The van der Waals surface area contributed by atoms with Crippen molar-refractivity contribution in [3.8, 4) is 0 Å². The Labute approximate surface area is 106 Å². The van der Waals surface area contributed by atoms with Gasteiger partial charge in [-0.25, -0.2) is 0 Å². The first-order valence-electron chi connectivity index (χ1n) is 6.44. The third kappa shape index (κ3) is 2.55. The fourth-order valence-electron chi connectivity index (χ4n) is 2.58. The van der Waals surface area contributed by atoms with Crippen LogP contribution in [0.4, 0.5) is 0 Å². The van der Waals surface area contributed by atoms with E-state index in [4.69, 9.17) is 18.7 Å². The minimum absolute atomic E-state index is 0.238. The van der Waals surface area contributed by atoms with E-state index in [0.717, 1.165) is 25.7 Å². The monoisotopic (exact) mass is 254 g/mol. The van der Waals surface area contributed by atoms with Gasteiger partial charge in [-0.15, -0.1) is 0 Å². The minimum Gasteiger partial charge on any atom is -0.370 e. The maximum atomic E-state index is 5.79. The lowest BCUT2D eigenvalue weighted by atomic mass is 9.92. The van der Waals surface area contributed by atoms with Crippen molar-refractivity contribution in [3.05, 3.63) is 11.7 Å². The lowest BCUT2D eigenvalue weighted by molar-refractivity contribution is -0.192. The molecule has 0 amide bonds. The first-order valence-corrected chi connectivity index (χ1v) is 6.44. The van der Waals surface area contributed by atoms with Crippen LogP contribution in [-0.4, -0.2) is 35.2 Å². The SMILES string of the molecule is Cc1nc(COC2CCC3(CC2)OCCO3)no1. The van der Waals surface area contributed by atoms with Crippen molar-refractivity contribution in [3.63, 3.8) is 0 Å². The van der Waals surface area contributed by atoms with Crippen LogP contribution < -0.4 is 0 Å². The van der Waals surface area contributed by atoms with Crippen LogP contribution in [-0.2, 0) is 20.8 Å². The Hall–Kier alpha value is -0.980. The Bertz CT molecular complexity index is 391. The van der Waals surface area contributed by atoms with Crippen molar-refractivity contribution in [1.29, 1.82) is 0 Å². The topological polar surface area (TPSA) is 66.6 Å². The van der Waals surface area contributed by atoms with Gasteiger partial charge in [0.05, 0.1) is 19.3 Å². The standard InChI is InChI=1S/C12H18N2O4/c1-9-13-11(14-18-9)8-15-10-2-4-12(5-3-10)16-6-7-17-12/h10H,2-8H2,1H3. The van der Waals surface area contributed by atoms with Crippen LogP contribution in [0.1, 0.15) is 37.4 Å². The number of hydrogen-bond acceptors (Lipinski definition) is 6. The predicted octanol–water partition coefficient (Wildman–Crippen LogP) is 1.58. The van der Waals surface area contributed by atoms with E-state index in [-0.39, 0.29) is 11.9 Å². The summed E-state index contributed by atoms with van der Waals surface area (Å²) < 4.78 is 22.0. The number of nitrogens with zero attached hydrogens (tertiary/aromatic N) is 2. The Kier molecular flexibility index (Phi) is 3.32. The first kappa shape index (κ1) is 12.1. The smallest absolute Gasteiger partial charge is 0.223 e. The fourth-order valence-corrected chi connectivity index (χ4v) is 2.58. The van der Waals surface area contributed by atoms with Crippen LogP contribution in [0.5, 0.6) is 0 Å². The third-order valence-corrected chi connectivity index (χ3v) is 3.53.